The van der Waals surface area contributed by atoms with Crippen molar-refractivity contribution in [3.05, 3.63) is 48.0 Å². The maximum Gasteiger partial charge on any atom is 0.00119 e. The van der Waals surface area contributed by atoms with Gasteiger partial charge in [-0.2, -0.15) is 0 Å². The number of benzene rings is 2. The van der Waals surface area contributed by atoms with Crippen LogP contribution >= 0.6 is 0 Å². The Morgan fingerprint density at radius 3 is 2.72 bits per heavy atom. The van der Waals surface area contributed by atoms with Gasteiger partial charge in [0.25, 0.3) is 0 Å². The van der Waals surface area contributed by atoms with Gasteiger partial charge in [0, 0.05) is 44.8 Å². The quantitative estimate of drug-likeness (QED) is 0.441. The molecule has 3 aromatic rings. The fourth-order valence-corrected chi connectivity index (χ4v) is 2.74. The average Bonchev–Trinajstić information content (AvgIpc) is 3.18. The third-order valence-electron chi connectivity index (χ3n) is 3.89. The zero-order chi connectivity index (χ0) is 11.4. The molecular weight excluding hydrogens is 371 g/mol. The Morgan fingerprint density at radius 1 is 1.17 bits per heavy atom. The van der Waals surface area contributed by atoms with Gasteiger partial charge in [-0.3, -0.25) is 0 Å². The number of aryl methyl sites for hydroxylation is 1. The van der Waals surface area contributed by atoms with Gasteiger partial charge in [-0.1, -0.05) is 42.3 Å². The molecule has 0 amide bonds. The minimum absolute atomic E-state index is 0. The van der Waals surface area contributed by atoms with Crippen LogP contribution in [0.4, 0.5) is 0 Å². The van der Waals surface area contributed by atoms with Crippen LogP contribution in [0.15, 0.2) is 36.4 Å². The monoisotopic (exact) mass is 385 g/mol. The van der Waals surface area contributed by atoms with Gasteiger partial charge in [-0.05, 0) is 17.1 Å². The summed E-state index contributed by atoms with van der Waals surface area (Å²) in [5.41, 5.74) is 4.07. The molecule has 1 saturated carbocycles. The normalized spacial score (nSPS) is 14.9. The molecule has 2 heteroatoms. The maximum absolute atomic E-state index is 3.48. The van der Waals surface area contributed by atoms with E-state index in [2.05, 4.69) is 54.1 Å². The molecule has 0 aliphatic heterocycles. The van der Waals surface area contributed by atoms with Crippen molar-refractivity contribution in [1.82, 2.24) is 4.57 Å². The van der Waals surface area contributed by atoms with E-state index >= 15 is 0 Å². The van der Waals surface area contributed by atoms with E-state index in [9.17, 15) is 0 Å². The largest absolute Gasteiger partial charge is 0.392 e. The van der Waals surface area contributed by atoms with Crippen molar-refractivity contribution in [3.63, 3.8) is 0 Å². The summed E-state index contributed by atoms with van der Waals surface area (Å²) in [7, 11) is 2.15. The Hall–Kier alpha value is -0.500. The smallest absolute Gasteiger partial charge is 0.00119 e. The first-order valence-electron chi connectivity index (χ1n) is 6.23. The van der Waals surface area contributed by atoms with Crippen LogP contribution in [-0.4, -0.2) is 4.57 Å². The second-order valence-corrected chi connectivity index (χ2v) is 5.04. The van der Waals surface area contributed by atoms with Gasteiger partial charge < -0.3 is 4.57 Å². The summed E-state index contributed by atoms with van der Waals surface area (Å²) in [5.74, 6) is 0.800. The molecule has 0 N–H and O–H groups in total. The summed E-state index contributed by atoms with van der Waals surface area (Å²) in [6, 6.07) is 16.6. The number of nitrogens with zero attached hydrogens (tertiary/aromatic N) is 1. The van der Waals surface area contributed by atoms with Gasteiger partial charge in [0.05, 0.1) is 0 Å². The second kappa shape index (κ2) is 4.56. The first-order chi connectivity index (χ1) is 8.34. The number of fused-ring (bicyclic) bond motifs is 3. The molecule has 0 spiro atoms. The Labute approximate surface area is 137 Å². The van der Waals surface area contributed by atoms with Gasteiger partial charge in [-0.25, -0.2) is 0 Å². The molecule has 1 nitrogen and oxygen atoms in total. The van der Waals surface area contributed by atoms with Gasteiger partial charge in [0.15, 0.2) is 0 Å². The minimum Gasteiger partial charge on any atom is -0.392 e. The van der Waals surface area contributed by atoms with E-state index in [4.69, 9.17) is 0 Å². The van der Waals surface area contributed by atoms with Crippen LogP contribution in [0.1, 0.15) is 24.3 Å². The Bertz CT molecular complexity index is 722. The Morgan fingerprint density at radius 2 is 1.94 bits per heavy atom. The first-order valence-corrected chi connectivity index (χ1v) is 6.23. The fraction of sp³-hybridized carbons (Fsp3) is 0.250. The van der Waals surface area contributed by atoms with Crippen LogP contribution in [0.25, 0.3) is 21.8 Å². The molecule has 0 bridgehead atoms. The molecular formula is C16H14HoN-. The predicted molar refractivity (Wildman–Crippen MR) is 71.2 cm³/mol. The zero-order valence-corrected chi connectivity index (χ0v) is 12.1. The van der Waals surface area contributed by atoms with Crippen molar-refractivity contribution >= 4 is 21.8 Å². The molecule has 0 unspecified atom stereocenters. The Kier molecular flexibility index (Phi) is 3.17. The molecule has 0 atom stereocenters. The maximum atomic E-state index is 3.48. The summed E-state index contributed by atoms with van der Waals surface area (Å²) < 4.78 is 2.28. The fourth-order valence-electron chi connectivity index (χ4n) is 2.74. The van der Waals surface area contributed by atoms with Gasteiger partial charge in [0.1, 0.15) is 0 Å². The van der Waals surface area contributed by atoms with Gasteiger partial charge in [-0.15, -0.1) is 29.1 Å². The molecule has 1 aliphatic carbocycles. The predicted octanol–water partition coefficient (Wildman–Crippen LogP) is 4.01. The minimum atomic E-state index is 0. The van der Waals surface area contributed by atoms with Crippen LogP contribution in [0.2, 0.25) is 0 Å². The molecule has 0 saturated heterocycles. The van der Waals surface area contributed by atoms with Crippen molar-refractivity contribution < 1.29 is 37.7 Å². The van der Waals surface area contributed by atoms with E-state index in [1.54, 1.807) is 0 Å². The molecule has 1 heterocycles. The molecule has 95 valence electrons. The molecule has 1 aromatic heterocycles. The van der Waals surface area contributed by atoms with E-state index in [1.807, 2.05) is 0 Å². The second-order valence-electron chi connectivity index (χ2n) is 5.04. The van der Waals surface area contributed by atoms with Crippen molar-refractivity contribution in [1.29, 1.82) is 0 Å². The molecule has 18 heavy (non-hydrogen) atoms. The topological polar surface area (TPSA) is 4.93 Å². The molecule has 1 fully saturated rings. The molecule has 2 aromatic carbocycles. The SMILES string of the molecule is Cn1c2cc(C3CC3)c[c-]c2c2ccccc21.[Ho]. The number of hydrogen-bond acceptors (Lipinski definition) is 0. The Balaban J connectivity index is 0.000001000. The molecule has 4 rings (SSSR count). The summed E-state index contributed by atoms with van der Waals surface area (Å²) in [4.78, 5) is 0. The summed E-state index contributed by atoms with van der Waals surface area (Å²) in [6.07, 6.45) is 2.70. The van der Waals surface area contributed by atoms with E-state index < -0.39 is 0 Å². The number of hydrogen-bond donors (Lipinski definition) is 0. The number of rotatable bonds is 1. The van der Waals surface area contributed by atoms with Crippen molar-refractivity contribution in [2.24, 2.45) is 7.05 Å². The van der Waals surface area contributed by atoms with Crippen LogP contribution in [0.5, 0.6) is 0 Å². The van der Waals surface area contributed by atoms with Crippen LogP contribution in [-0.2, 0) is 7.05 Å². The molecule has 1 aliphatic rings. The van der Waals surface area contributed by atoms with Crippen LogP contribution in [0, 0.1) is 43.8 Å². The van der Waals surface area contributed by atoms with Crippen molar-refractivity contribution in [2.45, 2.75) is 18.8 Å². The van der Waals surface area contributed by atoms with Crippen LogP contribution in [0.3, 0.4) is 0 Å². The zero-order valence-electron chi connectivity index (χ0n) is 10.2. The standard InChI is InChI=1S/C16H14N.Ho/c1-17-15-5-3-2-4-13(15)14-9-8-12(10-16(14)17)11-6-7-11;/h2-5,8,10-11H,6-7H2,1H3;/q-1;. The number of para-hydroxylation sites is 1. The van der Waals surface area contributed by atoms with E-state index in [1.165, 1.54) is 40.2 Å². The van der Waals surface area contributed by atoms with E-state index in [0.717, 1.165) is 5.92 Å². The summed E-state index contributed by atoms with van der Waals surface area (Å²) in [6.45, 7) is 0. The first kappa shape index (κ1) is 12.5. The van der Waals surface area contributed by atoms with Gasteiger partial charge in [0.2, 0.25) is 0 Å². The van der Waals surface area contributed by atoms with Crippen LogP contribution < -0.4 is 0 Å². The summed E-state index contributed by atoms with van der Waals surface area (Å²) >= 11 is 0. The third-order valence-corrected chi connectivity index (χ3v) is 3.89. The van der Waals surface area contributed by atoms with E-state index in [0.29, 0.717) is 0 Å². The van der Waals surface area contributed by atoms with Crippen molar-refractivity contribution in [2.75, 3.05) is 0 Å². The summed E-state index contributed by atoms with van der Waals surface area (Å²) in [5, 5.41) is 2.57. The molecule has 1 radical (unpaired) electrons. The average molecular weight is 385 g/mol. The van der Waals surface area contributed by atoms with E-state index in [-0.39, 0.29) is 37.7 Å². The van der Waals surface area contributed by atoms with Crippen molar-refractivity contribution in [3.8, 4) is 0 Å². The van der Waals surface area contributed by atoms with Gasteiger partial charge >= 0.3 is 0 Å². The third kappa shape index (κ3) is 1.80. The number of aromatic nitrogens is 1.